The van der Waals surface area contributed by atoms with Crippen LogP contribution in [-0.4, -0.2) is 19.3 Å². The first-order valence-electron chi connectivity index (χ1n) is 3.86. The van der Waals surface area contributed by atoms with Gasteiger partial charge in [-0.05, 0) is 25.0 Å². The van der Waals surface area contributed by atoms with Crippen LogP contribution in [0.1, 0.15) is 16.7 Å². The molecule has 1 aromatic rings. The summed E-state index contributed by atoms with van der Waals surface area (Å²) in [4.78, 5) is 0. The van der Waals surface area contributed by atoms with Crippen molar-refractivity contribution in [1.82, 2.24) is 0 Å². The largest absolute Gasteiger partial charge is 0.505 e. The smallest absolute Gasteiger partial charge is 0.345 e. The molecule has 0 N–H and O–H groups in total. The summed E-state index contributed by atoms with van der Waals surface area (Å²) in [7, 11) is 5.82. The Morgan fingerprint density at radius 3 is 2.27 bits per heavy atom. The molecule has 0 saturated carbocycles. The minimum absolute atomic E-state index is 0.355. The summed E-state index contributed by atoms with van der Waals surface area (Å²) in [5.74, 6) is 0. The fraction of sp³-hybridized carbons (Fsp3) is 0.333. The van der Waals surface area contributed by atoms with Crippen molar-refractivity contribution in [3.8, 4) is 0 Å². The van der Waals surface area contributed by atoms with Gasteiger partial charge in [0.1, 0.15) is 0 Å². The van der Waals surface area contributed by atoms with Crippen molar-refractivity contribution in [3.05, 3.63) is 34.9 Å². The Morgan fingerprint density at radius 2 is 1.82 bits per heavy atom. The third kappa shape index (κ3) is 2.36. The van der Waals surface area contributed by atoms with Crippen molar-refractivity contribution in [2.45, 2.75) is 18.4 Å². The van der Waals surface area contributed by atoms with Crippen molar-refractivity contribution in [2.24, 2.45) is 0 Å². The SMILES string of the molecule is Cc1cccc(C)c1[CH2][Mg][Cl]. The van der Waals surface area contributed by atoms with E-state index in [2.05, 4.69) is 32.0 Å². The van der Waals surface area contributed by atoms with E-state index in [4.69, 9.17) is 9.07 Å². The zero-order valence-electron chi connectivity index (χ0n) is 7.02. The molecule has 0 atom stereocenters. The van der Waals surface area contributed by atoms with Gasteiger partial charge in [-0.15, -0.1) is 0 Å². The molecule has 0 radical (unpaired) electrons. The third-order valence-electron chi connectivity index (χ3n) is 1.99. The van der Waals surface area contributed by atoms with Crippen LogP contribution in [-0.2, 0) is 4.55 Å². The Balaban J connectivity index is 3.00. The lowest BCUT2D eigenvalue weighted by Gasteiger charge is -2.06. The van der Waals surface area contributed by atoms with Crippen LogP contribution in [0.2, 0.25) is 0 Å². The number of benzene rings is 1. The van der Waals surface area contributed by atoms with Crippen molar-refractivity contribution in [3.63, 3.8) is 0 Å². The Morgan fingerprint density at radius 1 is 1.27 bits per heavy atom. The zero-order chi connectivity index (χ0) is 8.27. The van der Waals surface area contributed by atoms with Crippen molar-refractivity contribution in [2.75, 3.05) is 0 Å². The number of aryl methyl sites for hydroxylation is 2. The summed E-state index contributed by atoms with van der Waals surface area (Å²) in [6.45, 7) is 4.31. The molecule has 0 heterocycles. The summed E-state index contributed by atoms with van der Waals surface area (Å²) in [5, 5.41) is 0. The molecule has 0 aliphatic rings. The van der Waals surface area contributed by atoms with Crippen LogP contribution in [0, 0.1) is 13.8 Å². The van der Waals surface area contributed by atoms with E-state index >= 15 is 0 Å². The van der Waals surface area contributed by atoms with Crippen molar-refractivity contribution >= 4 is 28.3 Å². The Bertz CT molecular complexity index is 225. The van der Waals surface area contributed by atoms with Crippen LogP contribution in [0.3, 0.4) is 0 Å². The highest BCUT2D eigenvalue weighted by atomic mass is 35.5. The average molecular weight is 179 g/mol. The van der Waals surface area contributed by atoms with Crippen LogP contribution >= 0.6 is 9.07 Å². The topological polar surface area (TPSA) is 0 Å². The summed E-state index contributed by atoms with van der Waals surface area (Å²) in [5.41, 5.74) is 4.24. The van der Waals surface area contributed by atoms with Crippen LogP contribution in [0.5, 0.6) is 0 Å². The summed E-state index contributed by atoms with van der Waals surface area (Å²) >= 11 is -0.355. The van der Waals surface area contributed by atoms with Crippen LogP contribution in [0.15, 0.2) is 18.2 Å². The molecule has 2 heteroatoms. The molecule has 0 fully saturated rings. The van der Waals surface area contributed by atoms with Gasteiger partial charge in [-0.1, -0.05) is 28.3 Å². The highest BCUT2D eigenvalue weighted by Crippen LogP contribution is 2.13. The van der Waals surface area contributed by atoms with Gasteiger partial charge in [-0.3, -0.25) is 0 Å². The molecule has 0 amide bonds. The fourth-order valence-corrected chi connectivity index (χ4v) is 2.88. The Labute approximate surface area is 81.5 Å². The van der Waals surface area contributed by atoms with E-state index in [1.165, 1.54) is 16.7 Å². The first kappa shape index (κ1) is 9.36. The second-order valence-corrected chi connectivity index (χ2v) is 4.82. The number of rotatable bonds is 2. The van der Waals surface area contributed by atoms with Gasteiger partial charge in [0.05, 0.1) is 0 Å². The maximum Gasteiger partial charge on any atom is 0.505 e. The van der Waals surface area contributed by atoms with E-state index in [0.29, 0.717) is 0 Å². The summed E-state index contributed by atoms with van der Waals surface area (Å²) < 4.78 is 1.13. The number of halogens is 1. The molecule has 0 aromatic heterocycles. The van der Waals surface area contributed by atoms with E-state index in [0.717, 1.165) is 4.55 Å². The Kier molecular flexibility index (Phi) is 3.69. The van der Waals surface area contributed by atoms with Gasteiger partial charge in [0, 0.05) is 0 Å². The minimum atomic E-state index is -0.355. The first-order chi connectivity index (χ1) is 5.25. The molecule has 0 aliphatic carbocycles. The lowest BCUT2D eigenvalue weighted by Crippen LogP contribution is -1.95. The van der Waals surface area contributed by atoms with Crippen LogP contribution < -0.4 is 0 Å². The standard InChI is InChI=1S/C9H11.ClH.Mg/c1-7-5-4-6-8(2)9(7)3;;/h4-6H,3H2,1-2H3;1H;/q;;+1/p-1. The maximum atomic E-state index is 5.82. The first-order valence-corrected chi connectivity index (χ1v) is 7.00. The maximum absolute atomic E-state index is 5.82. The van der Waals surface area contributed by atoms with Crippen molar-refractivity contribution < 1.29 is 0 Å². The van der Waals surface area contributed by atoms with Gasteiger partial charge in [-0.2, -0.15) is 0 Å². The van der Waals surface area contributed by atoms with Crippen molar-refractivity contribution in [1.29, 1.82) is 0 Å². The monoisotopic (exact) mass is 178 g/mol. The second-order valence-electron chi connectivity index (χ2n) is 2.81. The lowest BCUT2D eigenvalue weighted by molar-refractivity contribution is 1.23. The number of hydrogen-bond donors (Lipinski definition) is 0. The molecule has 1 rings (SSSR count). The van der Waals surface area contributed by atoms with Gasteiger partial charge < -0.3 is 9.07 Å². The molecule has 56 valence electrons. The fourth-order valence-electron chi connectivity index (χ4n) is 1.34. The van der Waals surface area contributed by atoms with Gasteiger partial charge in [-0.25, -0.2) is 0 Å². The molecule has 0 saturated heterocycles. The zero-order valence-corrected chi connectivity index (χ0v) is 9.19. The summed E-state index contributed by atoms with van der Waals surface area (Å²) in [6.07, 6.45) is 0. The van der Waals surface area contributed by atoms with Gasteiger partial charge in [0.25, 0.3) is 0 Å². The van der Waals surface area contributed by atoms with E-state index in [-0.39, 0.29) is 19.3 Å². The molecule has 0 aliphatic heterocycles. The van der Waals surface area contributed by atoms with Crippen LogP contribution in [0.25, 0.3) is 0 Å². The Hall–Kier alpha value is 0.276. The van der Waals surface area contributed by atoms with E-state index < -0.39 is 0 Å². The summed E-state index contributed by atoms with van der Waals surface area (Å²) in [6, 6.07) is 6.41. The lowest BCUT2D eigenvalue weighted by atomic mass is 10.1. The molecule has 0 nitrogen and oxygen atoms in total. The average Bonchev–Trinajstić information content (AvgIpc) is 1.97. The van der Waals surface area contributed by atoms with E-state index in [1.807, 2.05) is 0 Å². The molecule has 11 heavy (non-hydrogen) atoms. The van der Waals surface area contributed by atoms with Crippen LogP contribution in [0.4, 0.5) is 0 Å². The van der Waals surface area contributed by atoms with Gasteiger partial charge >= 0.3 is 19.3 Å². The highest BCUT2D eigenvalue weighted by Gasteiger charge is 2.01. The quantitative estimate of drug-likeness (QED) is 0.612. The predicted molar refractivity (Wildman–Crippen MR) is 51.2 cm³/mol. The predicted octanol–water partition coefficient (Wildman–Crippen LogP) is 2.66. The molecule has 1 aromatic carbocycles. The minimum Gasteiger partial charge on any atom is -0.345 e. The van der Waals surface area contributed by atoms with E-state index in [9.17, 15) is 0 Å². The molecule has 0 unspecified atom stereocenters. The molecule has 0 spiro atoms. The third-order valence-corrected chi connectivity index (χ3v) is 3.24. The van der Waals surface area contributed by atoms with Gasteiger partial charge in [0.2, 0.25) is 0 Å². The number of hydrogen-bond acceptors (Lipinski definition) is 0. The normalized spacial score (nSPS) is 9.36. The molecular formula is C9H11ClMg. The van der Waals surface area contributed by atoms with E-state index in [1.54, 1.807) is 0 Å². The highest BCUT2D eigenvalue weighted by molar-refractivity contribution is 6.93. The second kappa shape index (κ2) is 4.34. The molecular weight excluding hydrogens is 168 g/mol. The van der Waals surface area contributed by atoms with Gasteiger partial charge in [0.15, 0.2) is 0 Å². The molecule has 0 bridgehead atoms.